The van der Waals surface area contributed by atoms with Gasteiger partial charge in [-0.2, -0.15) is 0 Å². The van der Waals surface area contributed by atoms with Gasteiger partial charge >= 0.3 is 0 Å². The molecule has 0 saturated carbocycles. The first kappa shape index (κ1) is 20.9. The third-order valence-electron chi connectivity index (χ3n) is 6.65. The zero-order chi connectivity index (χ0) is 21.8. The molecule has 6 nitrogen and oxygen atoms in total. The Morgan fingerprint density at radius 3 is 2.47 bits per heavy atom. The topological polar surface area (TPSA) is 69.0 Å². The molecule has 1 atom stereocenters. The molecule has 1 fully saturated rings. The summed E-state index contributed by atoms with van der Waals surface area (Å²) in [5.74, 6) is 2.69. The molecular formula is C26H30N4O2. The van der Waals surface area contributed by atoms with E-state index in [0.717, 1.165) is 69.1 Å². The monoisotopic (exact) mass is 430 g/mol. The molecule has 6 heteroatoms. The summed E-state index contributed by atoms with van der Waals surface area (Å²) in [6.07, 6.45) is 5.12. The van der Waals surface area contributed by atoms with E-state index in [9.17, 15) is 4.79 Å². The largest absolute Gasteiger partial charge is 0.381 e. The number of nitrogens with zero attached hydrogens (tertiary/aromatic N) is 3. The lowest BCUT2D eigenvalue weighted by atomic mass is 9.99. The van der Waals surface area contributed by atoms with Crippen LogP contribution in [0.4, 0.5) is 0 Å². The molecule has 1 saturated heterocycles. The number of carbonyl (C=O) groups excluding carboxylic acids is 1. The third-order valence-corrected chi connectivity index (χ3v) is 6.65. The van der Waals surface area contributed by atoms with Crippen molar-refractivity contribution in [2.75, 3.05) is 13.2 Å². The highest BCUT2D eigenvalue weighted by Crippen LogP contribution is 2.28. The molecule has 2 aromatic carbocycles. The molecule has 3 aromatic rings. The van der Waals surface area contributed by atoms with Crippen molar-refractivity contribution in [1.82, 2.24) is 20.1 Å². The van der Waals surface area contributed by atoms with Crippen LogP contribution < -0.4 is 5.32 Å². The molecule has 0 radical (unpaired) electrons. The number of amides is 1. The van der Waals surface area contributed by atoms with Crippen LogP contribution in [0.15, 0.2) is 54.6 Å². The Bertz CT molecular complexity index is 1040. The maximum absolute atomic E-state index is 12.7. The van der Waals surface area contributed by atoms with Crippen molar-refractivity contribution < 1.29 is 9.53 Å². The molecule has 0 spiro atoms. The first-order valence-electron chi connectivity index (χ1n) is 11.7. The number of nitrogens with one attached hydrogen (secondary N) is 1. The highest BCUT2D eigenvalue weighted by atomic mass is 16.5. The molecule has 32 heavy (non-hydrogen) atoms. The van der Waals surface area contributed by atoms with Gasteiger partial charge in [-0.1, -0.05) is 54.6 Å². The zero-order valence-corrected chi connectivity index (χ0v) is 18.4. The van der Waals surface area contributed by atoms with Crippen molar-refractivity contribution in [2.24, 2.45) is 0 Å². The van der Waals surface area contributed by atoms with E-state index in [1.54, 1.807) is 0 Å². The molecule has 1 aromatic heterocycles. The van der Waals surface area contributed by atoms with E-state index in [0.29, 0.717) is 12.3 Å². The zero-order valence-electron chi connectivity index (χ0n) is 18.4. The van der Waals surface area contributed by atoms with Gasteiger partial charge < -0.3 is 14.6 Å². The normalized spacial score (nSPS) is 19.2. The Morgan fingerprint density at radius 2 is 1.69 bits per heavy atom. The number of hydrogen-bond donors (Lipinski definition) is 1. The predicted molar refractivity (Wildman–Crippen MR) is 123 cm³/mol. The molecule has 5 rings (SSSR count). The fraction of sp³-hybridized carbons (Fsp3) is 0.423. The van der Waals surface area contributed by atoms with Gasteiger partial charge in [0, 0.05) is 38.1 Å². The number of rotatable bonds is 5. The standard InChI is InChI=1S/C26H30N4O2/c31-25(18-19-6-8-21(9-7-19)20-4-2-1-3-5-20)27-23-10-11-24-28-29-26(30(24)15-12-23)22-13-16-32-17-14-22/h1-9,22-23H,10-18H2,(H,27,31). The molecule has 0 aliphatic carbocycles. The van der Waals surface area contributed by atoms with E-state index in [4.69, 9.17) is 4.74 Å². The van der Waals surface area contributed by atoms with E-state index in [1.165, 1.54) is 11.1 Å². The molecule has 2 aliphatic heterocycles. The Kier molecular flexibility index (Phi) is 6.30. The molecule has 1 N–H and O–H groups in total. The molecule has 3 heterocycles. The van der Waals surface area contributed by atoms with Gasteiger partial charge in [-0.05, 0) is 42.4 Å². The highest BCUT2D eigenvalue weighted by Gasteiger charge is 2.26. The molecule has 2 aliphatic rings. The number of hydrogen-bond acceptors (Lipinski definition) is 4. The van der Waals surface area contributed by atoms with Crippen molar-refractivity contribution in [3.05, 3.63) is 71.8 Å². The lowest BCUT2D eigenvalue weighted by Gasteiger charge is -2.22. The minimum absolute atomic E-state index is 0.0878. The number of aryl methyl sites for hydroxylation is 1. The number of carbonyl (C=O) groups is 1. The van der Waals surface area contributed by atoms with Gasteiger partial charge in [-0.15, -0.1) is 10.2 Å². The minimum atomic E-state index is 0.0878. The summed E-state index contributed by atoms with van der Waals surface area (Å²) >= 11 is 0. The van der Waals surface area contributed by atoms with Crippen molar-refractivity contribution in [1.29, 1.82) is 0 Å². The smallest absolute Gasteiger partial charge is 0.224 e. The molecule has 0 bridgehead atoms. The summed E-state index contributed by atoms with van der Waals surface area (Å²) in [7, 11) is 0. The maximum atomic E-state index is 12.7. The van der Waals surface area contributed by atoms with Gasteiger partial charge in [0.25, 0.3) is 0 Å². The van der Waals surface area contributed by atoms with E-state index in [2.05, 4.69) is 56.5 Å². The van der Waals surface area contributed by atoms with Gasteiger partial charge in [-0.3, -0.25) is 4.79 Å². The van der Waals surface area contributed by atoms with E-state index in [-0.39, 0.29) is 11.9 Å². The average Bonchev–Trinajstić information content (AvgIpc) is 3.15. The van der Waals surface area contributed by atoms with Crippen LogP contribution in [0.3, 0.4) is 0 Å². The summed E-state index contributed by atoms with van der Waals surface area (Å²) in [4.78, 5) is 12.7. The number of aromatic nitrogens is 3. The van der Waals surface area contributed by atoms with Crippen LogP contribution in [0.5, 0.6) is 0 Å². The van der Waals surface area contributed by atoms with Crippen molar-refractivity contribution in [2.45, 2.75) is 57.0 Å². The Hall–Kier alpha value is -2.99. The van der Waals surface area contributed by atoms with Crippen molar-refractivity contribution >= 4 is 5.91 Å². The Balaban J connectivity index is 1.16. The van der Waals surface area contributed by atoms with Crippen LogP contribution in [0.1, 0.15) is 48.8 Å². The summed E-state index contributed by atoms with van der Waals surface area (Å²) in [5, 5.41) is 12.2. The minimum Gasteiger partial charge on any atom is -0.381 e. The van der Waals surface area contributed by atoms with E-state index < -0.39 is 0 Å². The van der Waals surface area contributed by atoms with Gasteiger partial charge in [-0.25, -0.2) is 0 Å². The average molecular weight is 431 g/mol. The third kappa shape index (κ3) is 4.75. The second-order valence-corrected chi connectivity index (χ2v) is 8.84. The number of benzene rings is 2. The van der Waals surface area contributed by atoms with Crippen LogP contribution in [0.2, 0.25) is 0 Å². The Labute approximate surface area is 189 Å². The van der Waals surface area contributed by atoms with Crippen LogP contribution in [0, 0.1) is 0 Å². The fourth-order valence-corrected chi connectivity index (χ4v) is 4.82. The second kappa shape index (κ2) is 9.65. The lowest BCUT2D eigenvalue weighted by Crippen LogP contribution is -2.36. The number of ether oxygens (including phenoxy) is 1. The van der Waals surface area contributed by atoms with Crippen molar-refractivity contribution in [3.8, 4) is 11.1 Å². The summed E-state index contributed by atoms with van der Waals surface area (Å²) in [6.45, 7) is 2.47. The molecule has 1 unspecified atom stereocenters. The second-order valence-electron chi connectivity index (χ2n) is 8.84. The molecular weight excluding hydrogens is 400 g/mol. The van der Waals surface area contributed by atoms with Gasteiger partial charge in [0.05, 0.1) is 6.42 Å². The van der Waals surface area contributed by atoms with Crippen LogP contribution in [0.25, 0.3) is 11.1 Å². The molecule has 1 amide bonds. The Morgan fingerprint density at radius 1 is 0.938 bits per heavy atom. The van der Waals surface area contributed by atoms with E-state index >= 15 is 0 Å². The highest BCUT2D eigenvalue weighted by molar-refractivity contribution is 5.79. The summed E-state index contributed by atoms with van der Waals surface area (Å²) in [6, 6.07) is 18.8. The summed E-state index contributed by atoms with van der Waals surface area (Å²) in [5.41, 5.74) is 3.39. The number of fused-ring (bicyclic) bond motifs is 1. The quantitative estimate of drug-likeness (QED) is 0.667. The maximum Gasteiger partial charge on any atom is 0.224 e. The SMILES string of the molecule is O=C(Cc1ccc(-c2ccccc2)cc1)NC1CCc2nnc(C3CCOCC3)n2CC1. The predicted octanol–water partition coefficient (Wildman–Crippen LogP) is 3.90. The van der Waals surface area contributed by atoms with Gasteiger partial charge in [0.1, 0.15) is 11.6 Å². The van der Waals surface area contributed by atoms with Crippen molar-refractivity contribution in [3.63, 3.8) is 0 Å². The summed E-state index contributed by atoms with van der Waals surface area (Å²) < 4.78 is 7.80. The van der Waals surface area contributed by atoms with Crippen LogP contribution >= 0.6 is 0 Å². The first-order valence-corrected chi connectivity index (χ1v) is 11.7. The molecule has 166 valence electrons. The van der Waals surface area contributed by atoms with Crippen LogP contribution in [-0.4, -0.2) is 39.9 Å². The van der Waals surface area contributed by atoms with E-state index in [1.807, 2.05) is 18.2 Å². The first-order chi connectivity index (χ1) is 15.8. The van der Waals surface area contributed by atoms with Gasteiger partial charge in [0.15, 0.2) is 0 Å². The fourth-order valence-electron chi connectivity index (χ4n) is 4.82. The van der Waals surface area contributed by atoms with Crippen LogP contribution in [-0.2, 0) is 28.9 Å². The lowest BCUT2D eigenvalue weighted by molar-refractivity contribution is -0.121. The van der Waals surface area contributed by atoms with Gasteiger partial charge in [0.2, 0.25) is 5.91 Å².